The van der Waals surface area contributed by atoms with Crippen LogP contribution in [0.5, 0.6) is 5.88 Å². The van der Waals surface area contributed by atoms with Crippen molar-refractivity contribution in [2.45, 2.75) is 19.4 Å². The fraction of sp³-hybridized carbons (Fsp3) is 0.500. The largest absolute Gasteiger partial charge is 0.475 e. The van der Waals surface area contributed by atoms with Crippen molar-refractivity contribution in [1.82, 2.24) is 19.7 Å². The van der Waals surface area contributed by atoms with E-state index in [4.69, 9.17) is 21.1 Å². The number of ether oxygens (including phenoxy) is 2. The topological polar surface area (TPSA) is 86.1 Å². The third-order valence-electron chi connectivity index (χ3n) is 3.92. The van der Waals surface area contributed by atoms with Gasteiger partial charge in [-0.3, -0.25) is 4.68 Å². The normalized spacial score (nSPS) is 17.8. The smallest absolute Gasteiger partial charge is 0.257 e. The molecule has 0 atom stereocenters. The summed E-state index contributed by atoms with van der Waals surface area (Å²) in [6.45, 7) is 4.61. The van der Waals surface area contributed by atoms with Crippen LogP contribution in [0.25, 0.3) is 0 Å². The van der Waals surface area contributed by atoms with Gasteiger partial charge >= 0.3 is 0 Å². The Morgan fingerprint density at radius 2 is 2.26 bits per heavy atom. The highest BCUT2D eigenvalue weighted by atomic mass is 35.5. The molecule has 9 heteroatoms. The molecule has 2 N–H and O–H groups in total. The maximum Gasteiger partial charge on any atom is 0.257 e. The summed E-state index contributed by atoms with van der Waals surface area (Å²) in [5.74, 6) is 1.64. The fourth-order valence-corrected chi connectivity index (χ4v) is 2.73. The molecule has 2 aliphatic heterocycles. The predicted molar refractivity (Wildman–Crippen MR) is 85.7 cm³/mol. The molecular weight excluding hydrogens is 320 g/mol. The van der Waals surface area contributed by atoms with E-state index in [9.17, 15) is 0 Å². The highest BCUT2D eigenvalue weighted by Crippen LogP contribution is 2.34. The van der Waals surface area contributed by atoms with Crippen LogP contribution in [-0.2, 0) is 4.74 Å². The van der Waals surface area contributed by atoms with E-state index >= 15 is 0 Å². The summed E-state index contributed by atoms with van der Waals surface area (Å²) in [5.41, 5.74) is 1.76. The first-order chi connectivity index (χ1) is 11.2. The third-order valence-corrected chi connectivity index (χ3v) is 4.19. The molecule has 0 amide bonds. The lowest BCUT2D eigenvalue weighted by atomic mass is 10.2. The van der Waals surface area contributed by atoms with Crippen molar-refractivity contribution in [3.05, 3.63) is 16.9 Å². The average molecular weight is 337 g/mol. The van der Waals surface area contributed by atoms with Crippen LogP contribution in [-0.4, -0.2) is 46.1 Å². The van der Waals surface area contributed by atoms with Gasteiger partial charge in [0.15, 0.2) is 5.82 Å². The minimum Gasteiger partial charge on any atom is -0.475 e. The first-order valence-corrected chi connectivity index (χ1v) is 7.93. The minimum absolute atomic E-state index is 0.254. The second-order valence-corrected chi connectivity index (χ2v) is 5.95. The van der Waals surface area contributed by atoms with E-state index in [2.05, 4.69) is 25.7 Å². The van der Waals surface area contributed by atoms with Gasteiger partial charge in [-0.25, -0.2) is 4.98 Å². The summed E-state index contributed by atoms with van der Waals surface area (Å²) >= 11 is 6.12. The Balaban J connectivity index is 1.73. The molecule has 0 spiro atoms. The van der Waals surface area contributed by atoms with Crippen LogP contribution in [0, 0.1) is 6.92 Å². The number of nitrogens with one attached hydrogen (secondary N) is 2. The summed E-state index contributed by atoms with van der Waals surface area (Å²) in [6.07, 6.45) is 2.39. The van der Waals surface area contributed by atoms with Gasteiger partial charge in [0.1, 0.15) is 10.7 Å². The molecule has 2 aromatic rings. The third kappa shape index (κ3) is 2.68. The molecule has 122 valence electrons. The number of fused-ring (bicyclic) bond motifs is 3. The number of nitrogens with zero attached hydrogens (tertiary/aromatic N) is 4. The molecule has 0 saturated carbocycles. The zero-order valence-corrected chi connectivity index (χ0v) is 13.4. The van der Waals surface area contributed by atoms with Crippen LogP contribution in [0.1, 0.15) is 18.2 Å². The first-order valence-electron chi connectivity index (χ1n) is 7.55. The van der Waals surface area contributed by atoms with Crippen molar-refractivity contribution < 1.29 is 9.47 Å². The standard InChI is InChI=1S/C14H17ClN6O2/c1-8-11-13(20-21(8)9-6-22-7-9)23-4-2-3-16-12-10(15)5-17-14(18-11)19-12/h5,9H,2-4,6-7H2,1H3,(H2,16,17,18,19). The molecule has 4 rings (SSSR count). The van der Waals surface area contributed by atoms with Gasteiger partial charge in [-0.05, 0) is 13.3 Å². The van der Waals surface area contributed by atoms with Crippen LogP contribution >= 0.6 is 11.6 Å². The number of aromatic nitrogens is 4. The predicted octanol–water partition coefficient (Wildman–Crippen LogP) is 2.14. The zero-order chi connectivity index (χ0) is 15.8. The van der Waals surface area contributed by atoms with Gasteiger partial charge in [-0.2, -0.15) is 4.98 Å². The van der Waals surface area contributed by atoms with Crippen LogP contribution < -0.4 is 15.4 Å². The fourth-order valence-electron chi connectivity index (χ4n) is 2.57. The van der Waals surface area contributed by atoms with Gasteiger partial charge < -0.3 is 20.1 Å². The van der Waals surface area contributed by atoms with E-state index in [1.165, 1.54) is 0 Å². The first kappa shape index (κ1) is 14.5. The van der Waals surface area contributed by atoms with E-state index < -0.39 is 0 Å². The Morgan fingerprint density at radius 1 is 1.39 bits per heavy atom. The second kappa shape index (κ2) is 5.86. The van der Waals surface area contributed by atoms with Crippen molar-refractivity contribution in [2.75, 3.05) is 37.0 Å². The zero-order valence-electron chi connectivity index (χ0n) is 12.7. The molecule has 0 aliphatic carbocycles. The molecule has 2 aromatic heterocycles. The number of anilines is 3. The maximum absolute atomic E-state index is 6.12. The van der Waals surface area contributed by atoms with Gasteiger partial charge in [-0.1, -0.05) is 11.6 Å². The molecule has 0 aromatic carbocycles. The van der Waals surface area contributed by atoms with E-state index in [-0.39, 0.29) is 6.04 Å². The Bertz CT molecular complexity index is 730. The van der Waals surface area contributed by atoms with Gasteiger partial charge in [0.25, 0.3) is 5.88 Å². The minimum atomic E-state index is 0.254. The Labute approximate surface area is 138 Å². The molecule has 2 bridgehead atoms. The summed E-state index contributed by atoms with van der Waals surface area (Å²) < 4.78 is 13.1. The van der Waals surface area contributed by atoms with Crippen LogP contribution in [0.2, 0.25) is 5.02 Å². The molecule has 8 nitrogen and oxygen atoms in total. The molecule has 1 fully saturated rings. The average Bonchev–Trinajstić information content (AvgIpc) is 2.76. The van der Waals surface area contributed by atoms with E-state index in [1.54, 1.807) is 6.20 Å². The summed E-state index contributed by atoms with van der Waals surface area (Å²) in [7, 11) is 0. The lowest BCUT2D eigenvalue weighted by Gasteiger charge is -2.27. The molecule has 0 unspecified atom stereocenters. The Hall–Kier alpha value is -2.06. The molecule has 0 radical (unpaired) electrons. The maximum atomic E-state index is 6.12. The Kier molecular flexibility index (Phi) is 3.70. The van der Waals surface area contributed by atoms with Crippen LogP contribution in [0.4, 0.5) is 17.5 Å². The number of hydrogen-bond donors (Lipinski definition) is 2. The van der Waals surface area contributed by atoms with E-state index in [0.29, 0.717) is 49.0 Å². The van der Waals surface area contributed by atoms with Gasteiger partial charge in [-0.15, -0.1) is 5.10 Å². The monoisotopic (exact) mass is 336 g/mol. The van der Waals surface area contributed by atoms with Crippen molar-refractivity contribution in [2.24, 2.45) is 0 Å². The SMILES string of the molecule is Cc1c2c(nn1C1COC1)OCCCNc1nc(ncc1Cl)N2. The highest BCUT2D eigenvalue weighted by molar-refractivity contribution is 6.32. The molecule has 23 heavy (non-hydrogen) atoms. The van der Waals surface area contributed by atoms with Gasteiger partial charge in [0.2, 0.25) is 5.95 Å². The Morgan fingerprint density at radius 3 is 3.04 bits per heavy atom. The number of rotatable bonds is 1. The lowest BCUT2D eigenvalue weighted by molar-refractivity contribution is -0.0298. The number of halogens is 1. The summed E-state index contributed by atoms with van der Waals surface area (Å²) in [5, 5.41) is 11.5. The van der Waals surface area contributed by atoms with Crippen molar-refractivity contribution in [1.29, 1.82) is 0 Å². The lowest BCUT2D eigenvalue weighted by Crippen LogP contribution is -2.32. The highest BCUT2D eigenvalue weighted by Gasteiger charge is 2.27. The quantitative estimate of drug-likeness (QED) is 0.825. The molecule has 2 aliphatic rings. The molecule has 4 heterocycles. The number of hydrogen-bond acceptors (Lipinski definition) is 7. The van der Waals surface area contributed by atoms with Crippen molar-refractivity contribution in [3.63, 3.8) is 0 Å². The van der Waals surface area contributed by atoms with Gasteiger partial charge in [0, 0.05) is 6.54 Å². The molecule has 1 saturated heterocycles. The second-order valence-electron chi connectivity index (χ2n) is 5.55. The van der Waals surface area contributed by atoms with Crippen molar-refractivity contribution >= 4 is 29.1 Å². The summed E-state index contributed by atoms with van der Waals surface area (Å²) in [6, 6.07) is 0.254. The van der Waals surface area contributed by atoms with E-state index in [0.717, 1.165) is 17.8 Å². The van der Waals surface area contributed by atoms with Gasteiger partial charge in [0.05, 0.1) is 37.8 Å². The van der Waals surface area contributed by atoms with E-state index in [1.807, 2.05) is 11.6 Å². The van der Waals surface area contributed by atoms with Crippen LogP contribution in [0.3, 0.4) is 0 Å². The van der Waals surface area contributed by atoms with Crippen molar-refractivity contribution in [3.8, 4) is 5.88 Å². The summed E-state index contributed by atoms with van der Waals surface area (Å²) in [4.78, 5) is 8.65. The van der Waals surface area contributed by atoms with Crippen LogP contribution in [0.15, 0.2) is 6.20 Å². The molecular formula is C14H17ClN6O2.